The predicted molar refractivity (Wildman–Crippen MR) is 117 cm³/mol. The van der Waals surface area contributed by atoms with Gasteiger partial charge in [0, 0.05) is 24.4 Å². The number of carbonyl (C=O) groups is 2. The first-order valence-corrected chi connectivity index (χ1v) is 12.3. The molecule has 7 nitrogen and oxygen atoms in total. The van der Waals surface area contributed by atoms with E-state index >= 15 is 0 Å². The van der Waals surface area contributed by atoms with Gasteiger partial charge < -0.3 is 24.6 Å². The van der Waals surface area contributed by atoms with Gasteiger partial charge in [-0.1, -0.05) is 19.9 Å². The monoisotopic (exact) mass is 447 g/mol. The van der Waals surface area contributed by atoms with E-state index in [1.807, 2.05) is 6.92 Å². The molecule has 1 aliphatic heterocycles. The molecule has 0 aromatic rings. The molecule has 0 unspecified atom stereocenters. The Kier molecular flexibility index (Phi) is 5.17. The van der Waals surface area contributed by atoms with Gasteiger partial charge in [0.05, 0.1) is 24.7 Å². The van der Waals surface area contributed by atoms with E-state index in [4.69, 9.17) is 9.47 Å². The number of morpholine rings is 1. The van der Waals surface area contributed by atoms with Crippen LogP contribution in [0.25, 0.3) is 0 Å². The van der Waals surface area contributed by atoms with Crippen LogP contribution >= 0.6 is 0 Å². The first-order chi connectivity index (χ1) is 15.1. The Balaban J connectivity index is 1.53. The molecule has 2 bridgehead atoms. The highest BCUT2D eigenvalue weighted by molar-refractivity contribution is 5.75. The molecule has 178 valence electrons. The Morgan fingerprint density at radius 1 is 1.19 bits per heavy atom. The zero-order chi connectivity index (χ0) is 22.9. The first-order valence-electron chi connectivity index (χ1n) is 12.3. The Labute approximate surface area is 190 Å². The second-order valence-electron chi connectivity index (χ2n) is 11.5. The molecular formula is C25H37NO6. The van der Waals surface area contributed by atoms with Gasteiger partial charge in [-0.15, -0.1) is 0 Å². The zero-order valence-electron chi connectivity index (χ0n) is 19.3. The molecule has 7 heteroatoms. The van der Waals surface area contributed by atoms with Crippen molar-refractivity contribution in [2.45, 2.75) is 71.0 Å². The standard InChI is InChI=1S/C25H37NO6/c1-15-16-13-17(32-22(30)26-9-11-31-12-10-26)19-23(2)6-4-7-24(3,21(28)29)18(23)5-8-25(19,14-16)20(15)27/h16-20,27H,1,4-14H2,2-3H3,(H,28,29)/t16-,17+,18+,19+,20-,23-,24-,25-/m1/s1. The highest BCUT2D eigenvalue weighted by Crippen LogP contribution is 2.72. The highest BCUT2D eigenvalue weighted by atomic mass is 16.6. The lowest BCUT2D eigenvalue weighted by molar-refractivity contribution is -0.213. The summed E-state index contributed by atoms with van der Waals surface area (Å²) < 4.78 is 11.6. The zero-order valence-corrected chi connectivity index (χ0v) is 19.3. The first kappa shape index (κ1) is 22.2. The minimum absolute atomic E-state index is 0.000853. The summed E-state index contributed by atoms with van der Waals surface area (Å²) >= 11 is 0. The Morgan fingerprint density at radius 2 is 1.91 bits per heavy atom. The molecule has 5 rings (SSSR count). The number of hydrogen-bond acceptors (Lipinski definition) is 5. The van der Waals surface area contributed by atoms with Crippen molar-refractivity contribution in [1.82, 2.24) is 4.90 Å². The Hall–Kier alpha value is -1.60. The minimum Gasteiger partial charge on any atom is -0.481 e. The van der Waals surface area contributed by atoms with Crippen molar-refractivity contribution in [1.29, 1.82) is 0 Å². The van der Waals surface area contributed by atoms with Crippen molar-refractivity contribution in [2.24, 2.45) is 34.0 Å². The van der Waals surface area contributed by atoms with Gasteiger partial charge in [0.2, 0.25) is 0 Å². The number of hydrogen-bond donors (Lipinski definition) is 2. The number of rotatable bonds is 2. The van der Waals surface area contributed by atoms with E-state index in [1.54, 1.807) is 4.90 Å². The molecule has 1 saturated heterocycles. The Morgan fingerprint density at radius 3 is 2.59 bits per heavy atom. The summed E-state index contributed by atoms with van der Waals surface area (Å²) in [6.07, 6.45) is 4.27. The third-order valence-electron chi connectivity index (χ3n) is 10.2. The average Bonchev–Trinajstić information content (AvgIpc) is 2.94. The maximum atomic E-state index is 13.1. The molecule has 1 spiro atoms. The SMILES string of the molecule is C=C1[C@@H]2C[C@H](OC(=O)N3CCOCC3)[C@H]3[C@]4(C)CCC[C@@](C)(C(=O)O)[C@H]4CC[C@]3(C2)[C@@H]1O. The molecule has 4 aliphatic carbocycles. The maximum absolute atomic E-state index is 13.1. The number of ether oxygens (including phenoxy) is 2. The van der Waals surface area contributed by atoms with E-state index in [0.29, 0.717) is 39.1 Å². The van der Waals surface area contributed by atoms with Gasteiger partial charge in [-0.25, -0.2) is 4.79 Å². The van der Waals surface area contributed by atoms with Crippen molar-refractivity contribution in [2.75, 3.05) is 26.3 Å². The molecule has 2 N–H and O–H groups in total. The van der Waals surface area contributed by atoms with Gasteiger partial charge in [-0.3, -0.25) is 4.79 Å². The van der Waals surface area contributed by atoms with Crippen LogP contribution < -0.4 is 0 Å². The molecule has 5 fully saturated rings. The van der Waals surface area contributed by atoms with E-state index in [1.165, 1.54) is 0 Å². The fourth-order valence-electron chi connectivity index (χ4n) is 8.76. The van der Waals surface area contributed by atoms with Gasteiger partial charge in [0.25, 0.3) is 0 Å². The summed E-state index contributed by atoms with van der Waals surface area (Å²) in [5.74, 6) is -0.642. The Bertz CT molecular complexity index is 823. The molecule has 1 heterocycles. The van der Waals surface area contributed by atoms with Crippen LogP contribution in [0.4, 0.5) is 4.79 Å². The van der Waals surface area contributed by atoms with Crippen molar-refractivity contribution in [3.8, 4) is 0 Å². The molecular weight excluding hydrogens is 410 g/mol. The minimum atomic E-state index is -0.787. The van der Waals surface area contributed by atoms with Crippen LogP contribution in [-0.4, -0.2) is 65.7 Å². The molecule has 8 atom stereocenters. The highest BCUT2D eigenvalue weighted by Gasteiger charge is 2.70. The second-order valence-corrected chi connectivity index (χ2v) is 11.5. The molecule has 32 heavy (non-hydrogen) atoms. The fourth-order valence-corrected chi connectivity index (χ4v) is 8.76. The number of fused-ring (bicyclic) bond motifs is 3. The van der Waals surface area contributed by atoms with Crippen molar-refractivity contribution in [3.05, 3.63) is 12.2 Å². The number of aliphatic hydroxyl groups excluding tert-OH is 1. The van der Waals surface area contributed by atoms with Crippen LogP contribution in [0.1, 0.15) is 58.8 Å². The lowest BCUT2D eigenvalue weighted by Crippen LogP contribution is -2.64. The molecule has 0 aromatic heterocycles. The summed E-state index contributed by atoms with van der Waals surface area (Å²) in [4.78, 5) is 27.2. The lowest BCUT2D eigenvalue weighted by Gasteiger charge is -2.64. The van der Waals surface area contributed by atoms with Crippen LogP contribution in [0.3, 0.4) is 0 Å². The molecule has 1 amide bonds. The van der Waals surface area contributed by atoms with Gasteiger partial charge in [0.15, 0.2) is 0 Å². The smallest absolute Gasteiger partial charge is 0.410 e. The third kappa shape index (κ3) is 2.92. The number of carboxylic acid groups (broad SMARTS) is 1. The average molecular weight is 448 g/mol. The number of aliphatic hydroxyl groups is 1. The van der Waals surface area contributed by atoms with Crippen molar-refractivity contribution in [3.63, 3.8) is 0 Å². The summed E-state index contributed by atoms with van der Waals surface area (Å²) in [5.41, 5.74) is -0.599. The number of carbonyl (C=O) groups excluding carboxylic acids is 1. The van der Waals surface area contributed by atoms with Crippen molar-refractivity contribution < 1.29 is 29.3 Å². The van der Waals surface area contributed by atoms with Crippen LogP contribution in [0.15, 0.2) is 12.2 Å². The summed E-state index contributed by atoms with van der Waals surface area (Å²) in [7, 11) is 0. The van der Waals surface area contributed by atoms with Gasteiger partial charge in [-0.2, -0.15) is 0 Å². The molecule has 0 radical (unpaired) electrons. The summed E-state index contributed by atoms with van der Waals surface area (Å²) in [5, 5.41) is 21.6. The normalized spacial score (nSPS) is 48.0. The number of amides is 1. The second kappa shape index (κ2) is 7.45. The van der Waals surface area contributed by atoms with Crippen LogP contribution in [0.5, 0.6) is 0 Å². The fraction of sp³-hybridized carbons (Fsp3) is 0.840. The quantitative estimate of drug-likeness (QED) is 0.630. The number of nitrogens with zero attached hydrogens (tertiary/aromatic N) is 1. The van der Waals surface area contributed by atoms with Crippen LogP contribution in [0.2, 0.25) is 0 Å². The molecule has 4 saturated carbocycles. The molecule has 0 aromatic carbocycles. The lowest BCUT2D eigenvalue weighted by atomic mass is 9.40. The van der Waals surface area contributed by atoms with E-state index in [-0.39, 0.29) is 40.8 Å². The van der Waals surface area contributed by atoms with Crippen LogP contribution in [-0.2, 0) is 14.3 Å². The van der Waals surface area contributed by atoms with Gasteiger partial charge in [-0.05, 0) is 68.3 Å². The number of carboxylic acids is 1. The summed E-state index contributed by atoms with van der Waals surface area (Å²) in [6, 6.07) is 0. The maximum Gasteiger partial charge on any atom is 0.410 e. The van der Waals surface area contributed by atoms with E-state index in [2.05, 4.69) is 13.5 Å². The summed E-state index contributed by atoms with van der Waals surface area (Å²) in [6.45, 7) is 10.4. The van der Waals surface area contributed by atoms with Gasteiger partial charge in [0.1, 0.15) is 6.10 Å². The van der Waals surface area contributed by atoms with E-state index in [9.17, 15) is 19.8 Å². The van der Waals surface area contributed by atoms with Gasteiger partial charge >= 0.3 is 12.1 Å². The molecule has 5 aliphatic rings. The number of aliphatic carboxylic acids is 1. The topological polar surface area (TPSA) is 96.3 Å². The van der Waals surface area contributed by atoms with Crippen molar-refractivity contribution >= 4 is 12.1 Å². The third-order valence-corrected chi connectivity index (χ3v) is 10.2. The van der Waals surface area contributed by atoms with E-state index < -0.39 is 17.5 Å². The predicted octanol–water partition coefficient (Wildman–Crippen LogP) is 3.46. The van der Waals surface area contributed by atoms with Crippen LogP contribution in [0, 0.1) is 34.0 Å². The largest absolute Gasteiger partial charge is 0.481 e. The van der Waals surface area contributed by atoms with E-state index in [0.717, 1.165) is 37.7 Å².